The molecule has 0 amide bonds. The van der Waals surface area contributed by atoms with Crippen LogP contribution in [0.5, 0.6) is 0 Å². The van der Waals surface area contributed by atoms with Crippen LogP contribution in [0.1, 0.15) is 21.6 Å². The second-order valence-electron chi connectivity index (χ2n) is 4.02. The molecule has 0 radical (unpaired) electrons. The van der Waals surface area contributed by atoms with Crippen molar-refractivity contribution in [3.05, 3.63) is 63.6 Å². The van der Waals surface area contributed by atoms with Gasteiger partial charge in [0.1, 0.15) is 6.61 Å². The Morgan fingerprint density at radius 3 is 2.43 bits per heavy atom. The number of hydrogen-bond acceptors (Lipinski definition) is 6. The Morgan fingerprint density at radius 2 is 1.90 bits per heavy atom. The molecule has 0 atom stereocenters. The molecular weight excluding hydrogens is 276 g/mol. The number of H-pyrrole nitrogens is 1. The zero-order chi connectivity index (χ0) is 15.2. The van der Waals surface area contributed by atoms with E-state index in [2.05, 4.69) is 15.3 Å². The number of hydrogen-bond donors (Lipinski definition) is 3. The molecule has 8 nitrogen and oxygen atoms in total. The van der Waals surface area contributed by atoms with Crippen LogP contribution in [0.4, 0.5) is 0 Å². The van der Waals surface area contributed by atoms with Gasteiger partial charge >= 0.3 is 5.97 Å². The van der Waals surface area contributed by atoms with E-state index in [9.17, 15) is 9.59 Å². The molecule has 0 saturated heterocycles. The van der Waals surface area contributed by atoms with Gasteiger partial charge in [0, 0.05) is 11.6 Å². The molecule has 21 heavy (non-hydrogen) atoms. The van der Waals surface area contributed by atoms with Crippen molar-refractivity contribution in [3.63, 3.8) is 0 Å². The number of carboxylic acids is 1. The lowest BCUT2D eigenvalue weighted by atomic mass is 10.1. The van der Waals surface area contributed by atoms with E-state index in [0.717, 1.165) is 0 Å². The minimum Gasteiger partial charge on any atom is -0.478 e. The first kappa shape index (κ1) is 14.3. The lowest BCUT2D eigenvalue weighted by Crippen LogP contribution is -2.13. The Bertz CT molecular complexity index is 701. The highest BCUT2D eigenvalue weighted by atomic mass is 16.5. The van der Waals surface area contributed by atoms with Gasteiger partial charge in [-0.05, 0) is 30.3 Å². The lowest BCUT2D eigenvalue weighted by molar-refractivity contribution is 0.0697. The number of ether oxygens (including phenoxy) is 1. The maximum absolute atomic E-state index is 10.9. The van der Waals surface area contributed by atoms with Crippen molar-refractivity contribution in [2.75, 3.05) is 0 Å². The fraction of sp³-hybridized carbons (Fsp3) is 0.0769. The van der Waals surface area contributed by atoms with E-state index in [-0.39, 0.29) is 23.6 Å². The molecular formula is C13H12N4O4. The zero-order valence-corrected chi connectivity index (χ0v) is 10.8. The molecule has 0 unspecified atom stereocenters. The summed E-state index contributed by atoms with van der Waals surface area (Å²) in [6.45, 7) is 0.0630. The van der Waals surface area contributed by atoms with Crippen LogP contribution < -0.4 is 11.4 Å². The monoisotopic (exact) mass is 288 g/mol. The van der Waals surface area contributed by atoms with Crippen LogP contribution >= 0.6 is 0 Å². The smallest absolute Gasteiger partial charge is 0.335 e. The van der Waals surface area contributed by atoms with E-state index in [0.29, 0.717) is 11.3 Å². The van der Waals surface area contributed by atoms with Gasteiger partial charge in [-0.15, -0.1) is 5.10 Å². The van der Waals surface area contributed by atoms with E-state index in [1.807, 2.05) is 0 Å². The highest BCUT2D eigenvalue weighted by Gasteiger charge is 2.08. The molecule has 1 aromatic heterocycles. The summed E-state index contributed by atoms with van der Waals surface area (Å²) in [5.41, 5.74) is 0.873. The molecule has 2 aromatic rings. The van der Waals surface area contributed by atoms with Crippen molar-refractivity contribution in [1.29, 1.82) is 0 Å². The number of nitrogens with one attached hydrogen (secondary N) is 1. The molecule has 2 rings (SSSR count). The van der Waals surface area contributed by atoms with Crippen LogP contribution in [0.3, 0.4) is 0 Å². The minimum absolute atomic E-state index is 0.0630. The van der Waals surface area contributed by atoms with Crippen LogP contribution in [-0.4, -0.2) is 27.2 Å². The zero-order valence-electron chi connectivity index (χ0n) is 10.8. The quantitative estimate of drug-likeness (QED) is 0.321. The van der Waals surface area contributed by atoms with Crippen LogP contribution in [0.15, 0.2) is 46.3 Å². The highest BCUT2D eigenvalue weighted by Crippen LogP contribution is 2.08. The van der Waals surface area contributed by atoms with Gasteiger partial charge in [0.05, 0.1) is 11.3 Å². The van der Waals surface area contributed by atoms with E-state index < -0.39 is 5.97 Å². The third-order valence-corrected chi connectivity index (χ3v) is 2.59. The molecule has 0 bridgehead atoms. The number of nitrogens with zero attached hydrogens (tertiary/aromatic N) is 2. The first-order valence-corrected chi connectivity index (χ1v) is 5.89. The van der Waals surface area contributed by atoms with E-state index in [1.54, 1.807) is 0 Å². The molecule has 8 heteroatoms. The first-order valence-electron chi connectivity index (χ1n) is 5.89. The summed E-state index contributed by atoms with van der Waals surface area (Å²) in [5, 5.41) is 18.4. The largest absolute Gasteiger partial charge is 0.478 e. The molecule has 0 aliphatic heterocycles. The van der Waals surface area contributed by atoms with Gasteiger partial charge in [-0.2, -0.15) is 5.10 Å². The Balaban J connectivity index is 2.08. The molecule has 1 heterocycles. The predicted octanol–water partition coefficient (Wildman–Crippen LogP) is 0.305. The molecule has 4 N–H and O–H groups in total. The van der Waals surface area contributed by atoms with Crippen LogP contribution in [0, 0.1) is 0 Å². The summed E-state index contributed by atoms with van der Waals surface area (Å²) in [4.78, 5) is 21.6. The number of aromatic carboxylic acids is 1. The van der Waals surface area contributed by atoms with Crippen molar-refractivity contribution < 1.29 is 14.6 Å². The van der Waals surface area contributed by atoms with Gasteiger partial charge in [-0.1, -0.05) is 0 Å². The average molecular weight is 288 g/mol. The first-order chi connectivity index (χ1) is 10.1. The minimum atomic E-state index is -1.02. The predicted molar refractivity (Wildman–Crippen MR) is 73.8 cm³/mol. The third kappa shape index (κ3) is 3.66. The summed E-state index contributed by atoms with van der Waals surface area (Å²) < 4.78 is 5.40. The number of aromatic amines is 1. The Morgan fingerprint density at radius 1 is 1.24 bits per heavy atom. The maximum atomic E-state index is 10.9. The number of nitrogens with two attached hydrogens (primary N) is 1. The molecule has 0 fully saturated rings. The summed E-state index contributed by atoms with van der Waals surface area (Å²) in [7, 11) is 0. The van der Waals surface area contributed by atoms with Gasteiger partial charge in [0.15, 0.2) is 0 Å². The van der Waals surface area contributed by atoms with Crippen molar-refractivity contribution in [1.82, 2.24) is 10.2 Å². The Labute approximate surface area is 118 Å². The Hall–Kier alpha value is -3.16. The standard InChI is InChI=1S/C13H12N4O4/c14-15-12(8-1-3-9(4-2-8)13(19)20)21-7-10-5-6-11(18)17-16-10/h1-6H,7,14H2,(H,17,18)(H,19,20)/b15-12-. The summed E-state index contributed by atoms with van der Waals surface area (Å²) >= 11 is 0. The van der Waals surface area contributed by atoms with E-state index >= 15 is 0 Å². The summed E-state index contributed by atoms with van der Waals surface area (Å²) in [5.74, 6) is 4.38. The second-order valence-corrected chi connectivity index (χ2v) is 4.02. The number of aromatic nitrogens is 2. The topological polar surface area (TPSA) is 131 Å². The van der Waals surface area contributed by atoms with Gasteiger partial charge < -0.3 is 15.7 Å². The molecule has 0 saturated carbocycles. The highest BCUT2D eigenvalue weighted by molar-refractivity contribution is 5.95. The molecule has 108 valence electrons. The van der Waals surface area contributed by atoms with Crippen molar-refractivity contribution in [2.45, 2.75) is 6.61 Å². The molecule has 0 aliphatic rings. The lowest BCUT2D eigenvalue weighted by Gasteiger charge is -2.08. The van der Waals surface area contributed by atoms with Crippen molar-refractivity contribution in [2.24, 2.45) is 10.9 Å². The number of carbonyl (C=O) groups is 1. The van der Waals surface area contributed by atoms with Crippen LogP contribution in [-0.2, 0) is 11.3 Å². The Kier molecular flexibility index (Phi) is 4.30. The maximum Gasteiger partial charge on any atom is 0.335 e. The normalized spacial score (nSPS) is 11.1. The molecule has 1 aromatic carbocycles. The van der Waals surface area contributed by atoms with Gasteiger partial charge in [0.2, 0.25) is 5.90 Å². The van der Waals surface area contributed by atoms with E-state index in [4.69, 9.17) is 15.7 Å². The SMILES string of the molecule is N/N=C(\OCc1ccc(=O)[nH]n1)c1ccc(C(=O)O)cc1. The van der Waals surface area contributed by atoms with Crippen LogP contribution in [0.25, 0.3) is 0 Å². The van der Waals surface area contributed by atoms with Gasteiger partial charge in [0.25, 0.3) is 5.56 Å². The third-order valence-electron chi connectivity index (χ3n) is 2.59. The van der Waals surface area contributed by atoms with Gasteiger partial charge in [-0.3, -0.25) is 4.79 Å². The summed E-state index contributed by atoms with van der Waals surface area (Å²) in [6, 6.07) is 8.76. The second kappa shape index (κ2) is 6.33. The number of benzene rings is 1. The fourth-order valence-corrected chi connectivity index (χ4v) is 1.55. The number of rotatable bonds is 4. The van der Waals surface area contributed by atoms with Crippen LogP contribution in [0.2, 0.25) is 0 Å². The number of carboxylic acid groups (broad SMARTS) is 1. The molecule has 0 aliphatic carbocycles. The van der Waals surface area contributed by atoms with E-state index in [1.165, 1.54) is 36.4 Å². The number of hydrazone groups is 1. The fourth-order valence-electron chi connectivity index (χ4n) is 1.55. The molecule has 0 spiro atoms. The van der Waals surface area contributed by atoms with Gasteiger partial charge in [-0.25, -0.2) is 9.89 Å². The van der Waals surface area contributed by atoms with Crippen molar-refractivity contribution >= 4 is 11.9 Å². The summed E-state index contributed by atoms with van der Waals surface area (Å²) in [6.07, 6.45) is 0. The van der Waals surface area contributed by atoms with Crippen molar-refractivity contribution in [3.8, 4) is 0 Å². The average Bonchev–Trinajstić information content (AvgIpc) is 2.50.